The van der Waals surface area contributed by atoms with Gasteiger partial charge in [0.15, 0.2) is 0 Å². The number of amides is 2. The number of nitrogens with two attached hydrogens (primary N) is 1. The molecule has 6 nitrogen and oxygen atoms in total. The molecule has 6 heteroatoms. The third-order valence-corrected chi connectivity index (χ3v) is 4.66. The molecule has 1 fully saturated rings. The molecule has 0 aliphatic carbocycles. The minimum Gasteiger partial charge on any atom is -0.495 e. The summed E-state index contributed by atoms with van der Waals surface area (Å²) in [4.78, 5) is 26.8. The first-order valence-electron chi connectivity index (χ1n) is 8.66. The largest absolute Gasteiger partial charge is 0.495 e. The van der Waals surface area contributed by atoms with Crippen LogP contribution in [-0.4, -0.2) is 25.5 Å². The van der Waals surface area contributed by atoms with E-state index < -0.39 is 5.92 Å². The predicted molar refractivity (Wildman–Crippen MR) is 102 cm³/mol. The van der Waals surface area contributed by atoms with Crippen LogP contribution >= 0.6 is 0 Å². The molecule has 2 amide bonds. The molecule has 1 atom stereocenters. The maximum absolute atomic E-state index is 12.6. The summed E-state index contributed by atoms with van der Waals surface area (Å²) in [6.45, 7) is 2.44. The van der Waals surface area contributed by atoms with Crippen LogP contribution in [0, 0.1) is 5.92 Å². The third kappa shape index (κ3) is 3.49. The minimum atomic E-state index is -0.393. The van der Waals surface area contributed by atoms with Crippen molar-refractivity contribution in [3.8, 4) is 5.75 Å². The Morgan fingerprint density at radius 1 is 1.31 bits per heavy atom. The van der Waals surface area contributed by atoms with E-state index in [1.54, 1.807) is 23.1 Å². The van der Waals surface area contributed by atoms with Gasteiger partial charge in [0, 0.05) is 24.3 Å². The van der Waals surface area contributed by atoms with Crippen molar-refractivity contribution in [2.45, 2.75) is 19.8 Å². The average Bonchev–Trinajstić information content (AvgIpc) is 3.03. The first-order valence-corrected chi connectivity index (χ1v) is 8.66. The zero-order valence-electron chi connectivity index (χ0n) is 15.0. The highest BCUT2D eigenvalue weighted by Crippen LogP contribution is 2.30. The van der Waals surface area contributed by atoms with Crippen LogP contribution in [0.3, 0.4) is 0 Å². The number of carbonyl (C=O) groups is 2. The number of anilines is 3. The zero-order valence-corrected chi connectivity index (χ0v) is 15.0. The highest BCUT2D eigenvalue weighted by molar-refractivity contribution is 6.04. The van der Waals surface area contributed by atoms with Crippen molar-refractivity contribution < 1.29 is 14.3 Å². The molecule has 1 heterocycles. The molecule has 2 aromatic rings. The molecular weight excluding hydrogens is 330 g/mol. The first-order chi connectivity index (χ1) is 12.5. The topological polar surface area (TPSA) is 84.7 Å². The number of nitrogen functional groups attached to an aromatic ring is 1. The number of hydrogen-bond donors (Lipinski definition) is 2. The Kier molecular flexibility index (Phi) is 5.11. The minimum absolute atomic E-state index is 0.0275. The van der Waals surface area contributed by atoms with Gasteiger partial charge in [0.25, 0.3) is 0 Å². The second kappa shape index (κ2) is 7.47. The normalized spacial score (nSPS) is 16.6. The van der Waals surface area contributed by atoms with E-state index in [-0.39, 0.29) is 18.2 Å². The van der Waals surface area contributed by atoms with Gasteiger partial charge < -0.3 is 20.7 Å². The zero-order chi connectivity index (χ0) is 18.7. The van der Waals surface area contributed by atoms with Crippen LogP contribution in [0.5, 0.6) is 5.75 Å². The Labute approximate surface area is 152 Å². The summed E-state index contributed by atoms with van der Waals surface area (Å²) in [5.41, 5.74) is 8.91. The maximum atomic E-state index is 12.6. The number of nitrogens with one attached hydrogen (secondary N) is 1. The van der Waals surface area contributed by atoms with Gasteiger partial charge in [-0.05, 0) is 36.2 Å². The second-order valence-corrected chi connectivity index (χ2v) is 6.33. The number of para-hydroxylation sites is 1. The number of nitrogens with zero attached hydrogens (tertiary/aromatic N) is 1. The molecule has 0 spiro atoms. The molecule has 136 valence electrons. The van der Waals surface area contributed by atoms with Crippen LogP contribution in [0.25, 0.3) is 0 Å². The summed E-state index contributed by atoms with van der Waals surface area (Å²) in [7, 11) is 1.54. The second-order valence-electron chi connectivity index (χ2n) is 6.33. The van der Waals surface area contributed by atoms with Crippen LogP contribution in [0.15, 0.2) is 42.5 Å². The quantitative estimate of drug-likeness (QED) is 0.810. The summed E-state index contributed by atoms with van der Waals surface area (Å²) in [5, 5.41) is 2.84. The molecule has 0 radical (unpaired) electrons. The Morgan fingerprint density at radius 2 is 2.08 bits per heavy atom. The third-order valence-electron chi connectivity index (χ3n) is 4.66. The highest BCUT2D eigenvalue weighted by atomic mass is 16.5. The van der Waals surface area contributed by atoms with Gasteiger partial charge in [-0.3, -0.25) is 9.59 Å². The Morgan fingerprint density at radius 3 is 2.77 bits per heavy atom. The SMILES string of the molecule is CCc1ccccc1N1CC(C(=O)Nc2ccc(OC)c(N)c2)CC1=O. The molecule has 2 aromatic carbocycles. The van der Waals surface area contributed by atoms with Gasteiger partial charge in [-0.15, -0.1) is 0 Å². The van der Waals surface area contributed by atoms with E-state index in [1.165, 1.54) is 7.11 Å². The van der Waals surface area contributed by atoms with E-state index in [0.717, 1.165) is 17.7 Å². The van der Waals surface area contributed by atoms with Gasteiger partial charge >= 0.3 is 0 Å². The fourth-order valence-electron chi connectivity index (χ4n) is 3.25. The molecule has 3 rings (SSSR count). The fraction of sp³-hybridized carbons (Fsp3) is 0.300. The molecule has 1 unspecified atom stereocenters. The van der Waals surface area contributed by atoms with Crippen molar-refractivity contribution in [1.29, 1.82) is 0 Å². The number of aryl methyl sites for hydroxylation is 1. The van der Waals surface area contributed by atoms with Crippen molar-refractivity contribution in [1.82, 2.24) is 0 Å². The lowest BCUT2D eigenvalue weighted by molar-refractivity contribution is -0.122. The van der Waals surface area contributed by atoms with Crippen molar-refractivity contribution in [3.05, 3.63) is 48.0 Å². The summed E-state index contributed by atoms with van der Waals surface area (Å²) in [6, 6.07) is 12.9. The number of carbonyl (C=O) groups excluding carboxylic acids is 2. The van der Waals surface area contributed by atoms with Gasteiger partial charge in [-0.2, -0.15) is 0 Å². The van der Waals surface area contributed by atoms with Crippen molar-refractivity contribution >= 4 is 28.9 Å². The van der Waals surface area contributed by atoms with E-state index in [0.29, 0.717) is 23.7 Å². The van der Waals surface area contributed by atoms with Gasteiger partial charge in [0.05, 0.1) is 18.7 Å². The van der Waals surface area contributed by atoms with Gasteiger partial charge in [0.1, 0.15) is 5.75 Å². The Bertz CT molecular complexity index is 835. The number of benzene rings is 2. The van der Waals surface area contributed by atoms with E-state index >= 15 is 0 Å². The van der Waals surface area contributed by atoms with Gasteiger partial charge in [0.2, 0.25) is 11.8 Å². The van der Waals surface area contributed by atoms with Crippen molar-refractivity contribution in [3.63, 3.8) is 0 Å². The molecule has 0 bridgehead atoms. The lowest BCUT2D eigenvalue weighted by atomic mass is 10.1. The van der Waals surface area contributed by atoms with Crippen molar-refractivity contribution in [2.24, 2.45) is 5.92 Å². The molecule has 26 heavy (non-hydrogen) atoms. The van der Waals surface area contributed by atoms with Crippen LogP contribution in [0.1, 0.15) is 18.9 Å². The number of methoxy groups -OCH3 is 1. The van der Waals surface area contributed by atoms with Gasteiger partial charge in [-0.25, -0.2) is 0 Å². The summed E-state index contributed by atoms with van der Waals surface area (Å²) >= 11 is 0. The fourth-order valence-corrected chi connectivity index (χ4v) is 3.25. The Balaban J connectivity index is 1.72. The number of rotatable bonds is 5. The van der Waals surface area contributed by atoms with E-state index in [4.69, 9.17) is 10.5 Å². The smallest absolute Gasteiger partial charge is 0.229 e. The number of ether oxygens (including phenoxy) is 1. The van der Waals surface area contributed by atoms with E-state index in [1.807, 2.05) is 24.3 Å². The van der Waals surface area contributed by atoms with Crippen LogP contribution in [-0.2, 0) is 16.0 Å². The summed E-state index contributed by atoms with van der Waals surface area (Å²) in [5.74, 6) is -0.0446. The number of hydrogen-bond acceptors (Lipinski definition) is 4. The summed E-state index contributed by atoms with van der Waals surface area (Å²) < 4.78 is 5.11. The van der Waals surface area contributed by atoms with Crippen molar-refractivity contribution in [2.75, 3.05) is 29.6 Å². The molecular formula is C20H23N3O3. The molecule has 0 aromatic heterocycles. The van der Waals surface area contributed by atoms with Crippen LogP contribution < -0.4 is 20.7 Å². The molecule has 1 aliphatic rings. The molecule has 3 N–H and O–H groups in total. The average molecular weight is 353 g/mol. The van der Waals surface area contributed by atoms with Crippen LogP contribution in [0.2, 0.25) is 0 Å². The van der Waals surface area contributed by atoms with E-state index in [9.17, 15) is 9.59 Å². The van der Waals surface area contributed by atoms with Gasteiger partial charge in [-0.1, -0.05) is 25.1 Å². The first kappa shape index (κ1) is 17.8. The van der Waals surface area contributed by atoms with E-state index in [2.05, 4.69) is 12.2 Å². The summed E-state index contributed by atoms with van der Waals surface area (Å²) in [6.07, 6.45) is 1.04. The Hall–Kier alpha value is -3.02. The molecule has 1 saturated heterocycles. The monoisotopic (exact) mass is 353 g/mol. The maximum Gasteiger partial charge on any atom is 0.229 e. The van der Waals surface area contributed by atoms with Crippen LogP contribution in [0.4, 0.5) is 17.1 Å². The molecule has 1 aliphatic heterocycles. The lowest BCUT2D eigenvalue weighted by Gasteiger charge is -2.20. The lowest BCUT2D eigenvalue weighted by Crippen LogP contribution is -2.28. The predicted octanol–water partition coefficient (Wildman–Crippen LogP) is 2.83. The standard InChI is InChI=1S/C20H23N3O3/c1-3-13-6-4-5-7-17(13)23-12-14(10-19(23)24)20(25)22-15-8-9-18(26-2)16(21)11-15/h4-9,11,14H,3,10,12,21H2,1-2H3,(H,22,25). The highest BCUT2D eigenvalue weighted by Gasteiger charge is 2.35. The molecule has 0 saturated carbocycles.